The van der Waals surface area contributed by atoms with E-state index in [0.717, 1.165) is 18.7 Å². The molecule has 106 valence electrons. The van der Waals surface area contributed by atoms with Gasteiger partial charge in [0.25, 0.3) is 5.91 Å². The van der Waals surface area contributed by atoms with Gasteiger partial charge >= 0.3 is 0 Å². The van der Waals surface area contributed by atoms with E-state index in [1.54, 1.807) is 12.3 Å². The number of hydrogen-bond donors (Lipinski definition) is 2. The number of pyridine rings is 1. The smallest absolute Gasteiger partial charge is 0.269 e. The van der Waals surface area contributed by atoms with Crippen molar-refractivity contribution in [1.29, 1.82) is 0 Å². The second-order valence-electron chi connectivity index (χ2n) is 4.76. The Morgan fingerprint density at radius 3 is 2.79 bits per heavy atom. The zero-order valence-electron chi connectivity index (χ0n) is 11.9. The predicted octanol–water partition coefficient (Wildman–Crippen LogP) is 1.92. The van der Waals surface area contributed by atoms with E-state index < -0.39 is 0 Å². The first-order chi connectivity index (χ1) is 9.13. The van der Waals surface area contributed by atoms with Crippen molar-refractivity contribution < 1.29 is 9.53 Å². The van der Waals surface area contributed by atoms with Gasteiger partial charge in [-0.15, -0.1) is 0 Å². The minimum atomic E-state index is -0.147. The standard InChI is InChI=1S/C14H23N3O2/c1-11(2)10-19-8-4-7-16-14(18)13-6-5-12(15-3)9-17-13/h5-6,9,11,15H,4,7-8,10H2,1-3H3,(H,16,18). The van der Waals surface area contributed by atoms with Gasteiger partial charge in [0.1, 0.15) is 5.69 Å². The van der Waals surface area contributed by atoms with Crippen molar-refractivity contribution in [2.75, 3.05) is 32.1 Å². The minimum Gasteiger partial charge on any atom is -0.387 e. The molecule has 0 saturated carbocycles. The third-order valence-corrected chi connectivity index (χ3v) is 2.49. The average Bonchev–Trinajstić information content (AvgIpc) is 2.42. The van der Waals surface area contributed by atoms with Crippen molar-refractivity contribution in [2.24, 2.45) is 5.92 Å². The number of aromatic nitrogens is 1. The highest BCUT2D eigenvalue weighted by molar-refractivity contribution is 5.92. The number of ether oxygens (including phenoxy) is 1. The zero-order valence-corrected chi connectivity index (χ0v) is 11.9. The molecule has 5 nitrogen and oxygen atoms in total. The molecular weight excluding hydrogens is 242 g/mol. The lowest BCUT2D eigenvalue weighted by Crippen LogP contribution is -2.26. The van der Waals surface area contributed by atoms with Crippen LogP contribution in [-0.2, 0) is 4.74 Å². The maximum Gasteiger partial charge on any atom is 0.269 e. The van der Waals surface area contributed by atoms with Gasteiger partial charge in [-0.25, -0.2) is 4.98 Å². The summed E-state index contributed by atoms with van der Waals surface area (Å²) in [5.41, 5.74) is 1.32. The van der Waals surface area contributed by atoms with Crippen LogP contribution in [0.2, 0.25) is 0 Å². The number of carbonyl (C=O) groups excluding carboxylic acids is 1. The molecule has 0 bridgehead atoms. The molecular formula is C14H23N3O2. The minimum absolute atomic E-state index is 0.147. The molecule has 0 aliphatic rings. The van der Waals surface area contributed by atoms with E-state index in [-0.39, 0.29) is 5.91 Å². The fraction of sp³-hybridized carbons (Fsp3) is 0.571. The summed E-state index contributed by atoms with van der Waals surface area (Å²) in [6.45, 7) is 6.27. The number of amides is 1. The van der Waals surface area contributed by atoms with Crippen LogP contribution in [-0.4, -0.2) is 37.7 Å². The van der Waals surface area contributed by atoms with Gasteiger partial charge in [-0.05, 0) is 24.5 Å². The lowest BCUT2D eigenvalue weighted by Gasteiger charge is -2.08. The van der Waals surface area contributed by atoms with Crippen molar-refractivity contribution in [3.05, 3.63) is 24.0 Å². The van der Waals surface area contributed by atoms with Crippen molar-refractivity contribution >= 4 is 11.6 Å². The van der Waals surface area contributed by atoms with Crippen LogP contribution in [0.25, 0.3) is 0 Å². The third kappa shape index (κ3) is 6.20. The first kappa shape index (κ1) is 15.4. The topological polar surface area (TPSA) is 63.2 Å². The van der Waals surface area contributed by atoms with Gasteiger partial charge in [-0.1, -0.05) is 13.8 Å². The van der Waals surface area contributed by atoms with Crippen LogP contribution in [0.3, 0.4) is 0 Å². The number of nitrogens with zero attached hydrogens (tertiary/aromatic N) is 1. The second kappa shape index (κ2) is 8.48. The lowest BCUT2D eigenvalue weighted by atomic mass is 10.2. The van der Waals surface area contributed by atoms with Gasteiger partial charge in [0.05, 0.1) is 11.9 Å². The molecule has 0 spiro atoms. The molecule has 0 saturated heterocycles. The van der Waals surface area contributed by atoms with E-state index in [2.05, 4.69) is 29.5 Å². The molecule has 5 heteroatoms. The van der Waals surface area contributed by atoms with Crippen LogP contribution >= 0.6 is 0 Å². The first-order valence-electron chi connectivity index (χ1n) is 6.63. The Hall–Kier alpha value is -1.62. The number of anilines is 1. The molecule has 0 aliphatic heterocycles. The van der Waals surface area contributed by atoms with Gasteiger partial charge in [0.15, 0.2) is 0 Å². The third-order valence-electron chi connectivity index (χ3n) is 2.49. The van der Waals surface area contributed by atoms with E-state index in [4.69, 9.17) is 4.74 Å². The van der Waals surface area contributed by atoms with E-state index in [1.807, 2.05) is 13.1 Å². The normalized spacial score (nSPS) is 10.5. The fourth-order valence-corrected chi connectivity index (χ4v) is 1.46. The Morgan fingerprint density at radius 2 is 2.21 bits per heavy atom. The van der Waals surface area contributed by atoms with Gasteiger partial charge in [-0.2, -0.15) is 0 Å². The molecule has 1 aromatic rings. The molecule has 0 aliphatic carbocycles. The molecule has 0 fully saturated rings. The summed E-state index contributed by atoms with van der Waals surface area (Å²) in [7, 11) is 1.81. The maximum atomic E-state index is 11.8. The summed E-state index contributed by atoms with van der Waals surface area (Å²) in [6.07, 6.45) is 2.45. The molecule has 0 aromatic carbocycles. The zero-order chi connectivity index (χ0) is 14.1. The summed E-state index contributed by atoms with van der Waals surface area (Å²) in [5, 5.41) is 5.78. The Bertz CT molecular complexity index is 377. The van der Waals surface area contributed by atoms with Crippen molar-refractivity contribution in [1.82, 2.24) is 10.3 Å². The SMILES string of the molecule is CNc1ccc(C(=O)NCCCOCC(C)C)nc1. The van der Waals surface area contributed by atoms with E-state index in [9.17, 15) is 4.79 Å². The summed E-state index contributed by atoms with van der Waals surface area (Å²) in [4.78, 5) is 15.8. The molecule has 0 unspecified atom stereocenters. The van der Waals surface area contributed by atoms with E-state index in [1.165, 1.54) is 0 Å². The molecule has 1 rings (SSSR count). The van der Waals surface area contributed by atoms with E-state index in [0.29, 0.717) is 24.8 Å². The van der Waals surface area contributed by atoms with Crippen LogP contribution < -0.4 is 10.6 Å². The highest BCUT2D eigenvalue weighted by Gasteiger charge is 2.05. The fourth-order valence-electron chi connectivity index (χ4n) is 1.46. The van der Waals surface area contributed by atoms with Crippen molar-refractivity contribution in [3.8, 4) is 0 Å². The molecule has 1 amide bonds. The van der Waals surface area contributed by atoms with Crippen LogP contribution in [0.15, 0.2) is 18.3 Å². The number of rotatable bonds is 8. The average molecular weight is 265 g/mol. The van der Waals surface area contributed by atoms with Gasteiger partial charge < -0.3 is 15.4 Å². The molecule has 2 N–H and O–H groups in total. The van der Waals surface area contributed by atoms with Gasteiger partial charge in [0, 0.05) is 26.8 Å². The Labute approximate surface area is 114 Å². The molecule has 1 heterocycles. The number of carbonyl (C=O) groups is 1. The van der Waals surface area contributed by atoms with Crippen LogP contribution in [0.1, 0.15) is 30.8 Å². The van der Waals surface area contributed by atoms with Crippen LogP contribution in [0.4, 0.5) is 5.69 Å². The highest BCUT2D eigenvalue weighted by Crippen LogP contribution is 2.04. The second-order valence-corrected chi connectivity index (χ2v) is 4.76. The Kier molecular flexibility index (Phi) is 6.89. The van der Waals surface area contributed by atoms with Gasteiger partial charge in [0.2, 0.25) is 0 Å². The summed E-state index contributed by atoms with van der Waals surface area (Å²) >= 11 is 0. The Balaban J connectivity index is 2.20. The molecule has 1 aromatic heterocycles. The maximum absolute atomic E-state index is 11.8. The number of hydrogen-bond acceptors (Lipinski definition) is 4. The first-order valence-corrected chi connectivity index (χ1v) is 6.63. The largest absolute Gasteiger partial charge is 0.387 e. The van der Waals surface area contributed by atoms with Crippen LogP contribution in [0, 0.1) is 5.92 Å². The number of nitrogens with one attached hydrogen (secondary N) is 2. The monoisotopic (exact) mass is 265 g/mol. The van der Waals surface area contributed by atoms with E-state index >= 15 is 0 Å². The summed E-state index contributed by atoms with van der Waals surface area (Å²) < 4.78 is 5.44. The Morgan fingerprint density at radius 1 is 1.42 bits per heavy atom. The summed E-state index contributed by atoms with van der Waals surface area (Å²) in [6, 6.07) is 3.53. The highest BCUT2D eigenvalue weighted by atomic mass is 16.5. The predicted molar refractivity (Wildman–Crippen MR) is 76.4 cm³/mol. The molecule has 0 radical (unpaired) electrons. The van der Waals surface area contributed by atoms with Crippen LogP contribution in [0.5, 0.6) is 0 Å². The molecule has 0 atom stereocenters. The molecule has 19 heavy (non-hydrogen) atoms. The van der Waals surface area contributed by atoms with Gasteiger partial charge in [-0.3, -0.25) is 4.79 Å². The van der Waals surface area contributed by atoms with Crippen molar-refractivity contribution in [2.45, 2.75) is 20.3 Å². The lowest BCUT2D eigenvalue weighted by molar-refractivity contribution is 0.0920. The summed E-state index contributed by atoms with van der Waals surface area (Å²) in [5.74, 6) is 0.399. The van der Waals surface area contributed by atoms with Crippen molar-refractivity contribution in [3.63, 3.8) is 0 Å². The quantitative estimate of drug-likeness (QED) is 0.705.